The number of hydrogen-bond donors (Lipinski definition) is 2. The van der Waals surface area contributed by atoms with E-state index in [1.807, 2.05) is 24.3 Å². The Morgan fingerprint density at radius 1 is 1.12 bits per heavy atom. The maximum absolute atomic E-state index is 12.1. The third-order valence-electron chi connectivity index (χ3n) is 4.08. The van der Waals surface area contributed by atoms with Crippen LogP contribution in [0.1, 0.15) is 47.7 Å². The standard InChI is InChI=1S/C20H23NO4/c1-3-14(2)17-6-4-5-7-18(17)21-19(23)13-25-20(24)16-10-8-15(12-22)9-11-16/h4-11,14,22H,3,12-13H2,1-2H3,(H,21,23)/t14-/m0/s1. The Kier molecular flexibility index (Phi) is 6.71. The Hall–Kier alpha value is -2.66. The van der Waals surface area contributed by atoms with Crippen LogP contribution in [0.4, 0.5) is 5.69 Å². The maximum atomic E-state index is 12.1. The summed E-state index contributed by atoms with van der Waals surface area (Å²) in [5.41, 5.74) is 2.84. The average molecular weight is 341 g/mol. The predicted molar refractivity (Wildman–Crippen MR) is 96.4 cm³/mol. The molecule has 0 radical (unpaired) electrons. The van der Waals surface area contributed by atoms with Crippen molar-refractivity contribution in [1.29, 1.82) is 0 Å². The fourth-order valence-electron chi connectivity index (χ4n) is 2.41. The summed E-state index contributed by atoms with van der Waals surface area (Å²) in [6.07, 6.45) is 0.964. The summed E-state index contributed by atoms with van der Waals surface area (Å²) in [4.78, 5) is 24.0. The molecule has 2 aromatic rings. The smallest absolute Gasteiger partial charge is 0.338 e. The summed E-state index contributed by atoms with van der Waals surface area (Å²) < 4.78 is 5.05. The molecule has 1 amide bonds. The van der Waals surface area contributed by atoms with E-state index < -0.39 is 5.97 Å². The molecule has 0 aliphatic rings. The van der Waals surface area contributed by atoms with Gasteiger partial charge in [-0.2, -0.15) is 0 Å². The van der Waals surface area contributed by atoms with Crippen LogP contribution in [-0.4, -0.2) is 23.6 Å². The summed E-state index contributed by atoms with van der Waals surface area (Å²) in [6, 6.07) is 14.0. The fraction of sp³-hybridized carbons (Fsp3) is 0.300. The summed E-state index contributed by atoms with van der Waals surface area (Å²) in [7, 11) is 0. The van der Waals surface area contributed by atoms with Gasteiger partial charge in [0.05, 0.1) is 12.2 Å². The second kappa shape index (κ2) is 8.99. The quantitative estimate of drug-likeness (QED) is 0.756. The number of anilines is 1. The van der Waals surface area contributed by atoms with E-state index in [2.05, 4.69) is 19.2 Å². The molecule has 0 saturated heterocycles. The number of amides is 1. The number of esters is 1. The van der Waals surface area contributed by atoms with Gasteiger partial charge in [0, 0.05) is 5.69 Å². The van der Waals surface area contributed by atoms with Crippen LogP contribution in [0.2, 0.25) is 0 Å². The molecule has 0 aliphatic heterocycles. The van der Waals surface area contributed by atoms with E-state index in [0.29, 0.717) is 17.0 Å². The molecule has 0 heterocycles. The Morgan fingerprint density at radius 3 is 2.44 bits per heavy atom. The molecule has 1 atom stereocenters. The van der Waals surface area contributed by atoms with Crippen LogP contribution >= 0.6 is 0 Å². The van der Waals surface area contributed by atoms with Crippen molar-refractivity contribution < 1.29 is 19.4 Å². The van der Waals surface area contributed by atoms with E-state index in [0.717, 1.165) is 17.7 Å². The topological polar surface area (TPSA) is 75.6 Å². The van der Waals surface area contributed by atoms with E-state index in [1.54, 1.807) is 24.3 Å². The highest BCUT2D eigenvalue weighted by Crippen LogP contribution is 2.26. The molecule has 0 aliphatic carbocycles. The molecular formula is C20H23NO4. The number of ether oxygens (including phenoxy) is 1. The Morgan fingerprint density at radius 2 is 1.80 bits per heavy atom. The van der Waals surface area contributed by atoms with Crippen LogP contribution in [0, 0.1) is 0 Å². The van der Waals surface area contributed by atoms with E-state index in [9.17, 15) is 9.59 Å². The maximum Gasteiger partial charge on any atom is 0.338 e. The van der Waals surface area contributed by atoms with Crippen molar-refractivity contribution in [1.82, 2.24) is 0 Å². The molecule has 0 unspecified atom stereocenters. The number of benzene rings is 2. The minimum Gasteiger partial charge on any atom is -0.452 e. The number of rotatable bonds is 7. The zero-order chi connectivity index (χ0) is 18.2. The zero-order valence-corrected chi connectivity index (χ0v) is 14.5. The van der Waals surface area contributed by atoms with Crippen LogP contribution in [0.3, 0.4) is 0 Å². The lowest BCUT2D eigenvalue weighted by Crippen LogP contribution is -2.21. The van der Waals surface area contributed by atoms with Crippen molar-refractivity contribution >= 4 is 17.6 Å². The minimum atomic E-state index is -0.574. The molecule has 2 rings (SSSR count). The second-order valence-corrected chi connectivity index (χ2v) is 5.88. The van der Waals surface area contributed by atoms with Gasteiger partial charge in [0.2, 0.25) is 0 Å². The lowest BCUT2D eigenvalue weighted by molar-refractivity contribution is -0.119. The molecule has 0 aromatic heterocycles. The van der Waals surface area contributed by atoms with E-state index in [-0.39, 0.29) is 19.1 Å². The monoisotopic (exact) mass is 341 g/mol. The van der Waals surface area contributed by atoms with Crippen molar-refractivity contribution in [3.05, 3.63) is 65.2 Å². The highest BCUT2D eigenvalue weighted by Gasteiger charge is 2.13. The first kappa shape index (κ1) is 18.7. The Balaban J connectivity index is 1.93. The molecule has 25 heavy (non-hydrogen) atoms. The van der Waals surface area contributed by atoms with Crippen LogP contribution in [-0.2, 0) is 16.1 Å². The normalized spacial score (nSPS) is 11.6. The van der Waals surface area contributed by atoms with Gasteiger partial charge in [-0.05, 0) is 41.7 Å². The largest absolute Gasteiger partial charge is 0.452 e. The van der Waals surface area contributed by atoms with Crippen LogP contribution in [0.15, 0.2) is 48.5 Å². The first-order valence-electron chi connectivity index (χ1n) is 8.30. The number of aliphatic hydroxyl groups excluding tert-OH is 1. The van der Waals surface area contributed by atoms with Crippen molar-refractivity contribution in [3.8, 4) is 0 Å². The minimum absolute atomic E-state index is 0.0900. The SMILES string of the molecule is CC[C@H](C)c1ccccc1NC(=O)COC(=O)c1ccc(CO)cc1. The number of carbonyl (C=O) groups is 2. The molecule has 5 nitrogen and oxygen atoms in total. The first-order chi connectivity index (χ1) is 12.0. The molecule has 0 fully saturated rings. The van der Waals surface area contributed by atoms with Gasteiger partial charge in [0.25, 0.3) is 5.91 Å². The van der Waals surface area contributed by atoms with Gasteiger partial charge in [-0.25, -0.2) is 4.79 Å². The fourth-order valence-corrected chi connectivity index (χ4v) is 2.41. The van der Waals surface area contributed by atoms with E-state index in [1.165, 1.54) is 0 Å². The van der Waals surface area contributed by atoms with Gasteiger partial charge in [0.15, 0.2) is 6.61 Å². The number of hydrogen-bond acceptors (Lipinski definition) is 4. The van der Waals surface area contributed by atoms with Gasteiger partial charge in [-0.1, -0.05) is 44.2 Å². The third kappa shape index (κ3) is 5.16. The number of aliphatic hydroxyl groups is 1. The number of para-hydroxylation sites is 1. The zero-order valence-electron chi connectivity index (χ0n) is 14.5. The summed E-state index contributed by atoms with van der Waals surface area (Å²) in [5, 5.41) is 11.8. The van der Waals surface area contributed by atoms with Crippen LogP contribution in [0.25, 0.3) is 0 Å². The third-order valence-corrected chi connectivity index (χ3v) is 4.08. The van der Waals surface area contributed by atoms with Crippen molar-refractivity contribution in [3.63, 3.8) is 0 Å². The molecule has 5 heteroatoms. The summed E-state index contributed by atoms with van der Waals surface area (Å²) >= 11 is 0. The highest BCUT2D eigenvalue weighted by molar-refractivity contribution is 5.96. The first-order valence-corrected chi connectivity index (χ1v) is 8.30. The molecular weight excluding hydrogens is 318 g/mol. The van der Waals surface area contributed by atoms with Gasteiger partial charge in [0.1, 0.15) is 0 Å². The summed E-state index contributed by atoms with van der Waals surface area (Å²) in [6.45, 7) is 3.75. The van der Waals surface area contributed by atoms with E-state index in [4.69, 9.17) is 9.84 Å². The van der Waals surface area contributed by atoms with Crippen molar-refractivity contribution in [2.75, 3.05) is 11.9 Å². The molecule has 0 saturated carbocycles. The Labute approximate surface area is 147 Å². The van der Waals surface area contributed by atoms with Gasteiger partial charge < -0.3 is 15.2 Å². The van der Waals surface area contributed by atoms with Gasteiger partial charge >= 0.3 is 5.97 Å². The van der Waals surface area contributed by atoms with Crippen molar-refractivity contribution in [2.45, 2.75) is 32.8 Å². The Bertz CT molecular complexity index is 725. The van der Waals surface area contributed by atoms with Crippen molar-refractivity contribution in [2.24, 2.45) is 0 Å². The number of nitrogens with one attached hydrogen (secondary N) is 1. The lowest BCUT2D eigenvalue weighted by Gasteiger charge is -2.15. The van der Waals surface area contributed by atoms with Gasteiger partial charge in [-0.15, -0.1) is 0 Å². The molecule has 0 bridgehead atoms. The predicted octanol–water partition coefficient (Wildman–Crippen LogP) is 3.49. The second-order valence-electron chi connectivity index (χ2n) is 5.88. The molecule has 132 valence electrons. The summed E-state index contributed by atoms with van der Waals surface area (Å²) in [5.74, 6) is -0.630. The average Bonchev–Trinajstić information content (AvgIpc) is 2.66. The molecule has 2 N–H and O–H groups in total. The van der Waals surface area contributed by atoms with Gasteiger partial charge in [-0.3, -0.25) is 4.79 Å². The van der Waals surface area contributed by atoms with E-state index >= 15 is 0 Å². The molecule has 0 spiro atoms. The lowest BCUT2D eigenvalue weighted by atomic mass is 9.97. The number of carbonyl (C=O) groups excluding carboxylic acids is 2. The highest BCUT2D eigenvalue weighted by atomic mass is 16.5. The molecule has 2 aromatic carbocycles. The van der Waals surface area contributed by atoms with Crippen LogP contribution in [0.5, 0.6) is 0 Å². The van der Waals surface area contributed by atoms with Crippen LogP contribution < -0.4 is 5.32 Å².